The van der Waals surface area contributed by atoms with Gasteiger partial charge in [-0.05, 0) is 70.8 Å². The number of para-hydroxylation sites is 2. The van der Waals surface area contributed by atoms with E-state index < -0.39 is 5.41 Å². The Balaban J connectivity index is 1.03. The molecule has 6 nitrogen and oxygen atoms in total. The zero-order chi connectivity index (χ0) is 41.9. The summed E-state index contributed by atoms with van der Waals surface area (Å²) in [6.07, 6.45) is 0. The van der Waals surface area contributed by atoms with Crippen LogP contribution in [0.2, 0.25) is 0 Å². The van der Waals surface area contributed by atoms with Crippen LogP contribution in [0.3, 0.4) is 0 Å². The number of furan rings is 1. The van der Waals surface area contributed by atoms with Crippen molar-refractivity contribution >= 4 is 43.7 Å². The van der Waals surface area contributed by atoms with Gasteiger partial charge in [-0.25, -0.2) is 15.0 Å². The number of ether oxygens (including phenoxy) is 1. The normalized spacial score (nSPS) is 13.2. The molecule has 0 unspecified atom stereocenters. The van der Waals surface area contributed by atoms with Gasteiger partial charge in [0.05, 0.1) is 16.4 Å². The van der Waals surface area contributed by atoms with Crippen LogP contribution >= 0.6 is 0 Å². The molecule has 1 aliphatic carbocycles. The Labute approximate surface area is 367 Å². The fourth-order valence-electron chi connectivity index (χ4n) is 10.7. The Hall–Kier alpha value is -8.61. The molecule has 2 aliphatic rings. The summed E-state index contributed by atoms with van der Waals surface area (Å²) in [5.41, 5.74) is 14.2. The Kier molecular flexibility index (Phi) is 7.22. The van der Waals surface area contributed by atoms with Crippen LogP contribution in [0.15, 0.2) is 211 Å². The minimum absolute atomic E-state index is 0.581. The number of benzene rings is 9. The fraction of sp³-hybridized carbons (Fsp3) is 0.0172. The van der Waals surface area contributed by atoms with E-state index in [1.54, 1.807) is 0 Å². The molecule has 1 aliphatic heterocycles. The average molecular weight is 819 g/mol. The largest absolute Gasteiger partial charge is 0.457 e. The highest BCUT2D eigenvalue weighted by atomic mass is 16.5. The Morgan fingerprint density at radius 1 is 0.375 bits per heavy atom. The predicted molar refractivity (Wildman–Crippen MR) is 255 cm³/mol. The average Bonchev–Trinajstić information content (AvgIpc) is 4.00. The number of hydrogen-bond donors (Lipinski definition) is 0. The first-order valence-corrected chi connectivity index (χ1v) is 21.6. The molecule has 0 saturated heterocycles. The van der Waals surface area contributed by atoms with Crippen LogP contribution in [0, 0.1) is 0 Å². The van der Waals surface area contributed by atoms with E-state index in [9.17, 15) is 0 Å². The third-order valence-corrected chi connectivity index (χ3v) is 13.3. The molecular weight excluding hydrogens is 785 g/mol. The van der Waals surface area contributed by atoms with E-state index in [0.717, 1.165) is 88.7 Å². The van der Waals surface area contributed by atoms with Crippen molar-refractivity contribution in [3.05, 3.63) is 229 Å². The summed E-state index contributed by atoms with van der Waals surface area (Å²) in [6.45, 7) is 0. The van der Waals surface area contributed by atoms with Crippen molar-refractivity contribution in [2.24, 2.45) is 0 Å². The van der Waals surface area contributed by atoms with Crippen LogP contribution < -0.4 is 4.74 Å². The minimum atomic E-state index is -0.589. The molecule has 4 heterocycles. The quantitative estimate of drug-likeness (QED) is 0.177. The lowest BCUT2D eigenvalue weighted by Crippen LogP contribution is -2.32. The van der Waals surface area contributed by atoms with Crippen LogP contribution in [-0.4, -0.2) is 19.5 Å². The van der Waals surface area contributed by atoms with E-state index in [-0.39, 0.29) is 0 Å². The van der Waals surface area contributed by atoms with Gasteiger partial charge in [0.25, 0.3) is 0 Å². The molecule has 0 saturated carbocycles. The SMILES string of the molecule is c1ccc(-c2nc(-c3ccccc3)nc(-c3cccc4oc5ccc(-n6c7ccccc7c7cc8c(cc76)C6(c7ccccc7O8)c7ccccc7-c7ccccc76)cc5c34)n2)cc1. The fourth-order valence-corrected chi connectivity index (χ4v) is 10.7. The second-order valence-corrected chi connectivity index (χ2v) is 16.7. The first-order chi connectivity index (χ1) is 31.7. The summed E-state index contributed by atoms with van der Waals surface area (Å²) in [4.78, 5) is 15.2. The molecular formula is C58H34N4O2. The van der Waals surface area contributed by atoms with Gasteiger partial charge in [-0.1, -0.05) is 158 Å². The topological polar surface area (TPSA) is 66.0 Å². The van der Waals surface area contributed by atoms with E-state index in [2.05, 4.69) is 138 Å². The summed E-state index contributed by atoms with van der Waals surface area (Å²) in [7, 11) is 0. The highest BCUT2D eigenvalue weighted by molar-refractivity contribution is 6.14. The summed E-state index contributed by atoms with van der Waals surface area (Å²) in [5, 5.41) is 4.19. The van der Waals surface area contributed by atoms with Crippen LogP contribution in [0.1, 0.15) is 22.3 Å². The van der Waals surface area contributed by atoms with Gasteiger partial charge in [-0.15, -0.1) is 0 Å². The molecule has 12 aromatic rings. The monoisotopic (exact) mass is 818 g/mol. The van der Waals surface area contributed by atoms with E-state index in [0.29, 0.717) is 17.5 Å². The van der Waals surface area contributed by atoms with Gasteiger partial charge in [-0.2, -0.15) is 0 Å². The van der Waals surface area contributed by atoms with Crippen molar-refractivity contribution in [1.29, 1.82) is 0 Å². The molecule has 298 valence electrons. The summed E-state index contributed by atoms with van der Waals surface area (Å²) in [5.74, 6) is 3.55. The highest BCUT2D eigenvalue weighted by Gasteiger charge is 2.51. The molecule has 0 N–H and O–H groups in total. The van der Waals surface area contributed by atoms with Crippen molar-refractivity contribution in [1.82, 2.24) is 19.5 Å². The van der Waals surface area contributed by atoms with Crippen LogP contribution in [0.5, 0.6) is 11.5 Å². The third-order valence-electron chi connectivity index (χ3n) is 13.3. The third kappa shape index (κ3) is 4.82. The maximum absolute atomic E-state index is 6.95. The van der Waals surface area contributed by atoms with Gasteiger partial charge in [-0.3, -0.25) is 0 Å². The zero-order valence-corrected chi connectivity index (χ0v) is 34.2. The van der Waals surface area contributed by atoms with Crippen LogP contribution in [0.25, 0.3) is 94.7 Å². The van der Waals surface area contributed by atoms with Gasteiger partial charge < -0.3 is 13.7 Å². The molecule has 3 aromatic heterocycles. The molecule has 0 amide bonds. The second kappa shape index (κ2) is 13.2. The van der Waals surface area contributed by atoms with E-state index in [1.165, 1.54) is 22.3 Å². The van der Waals surface area contributed by atoms with Gasteiger partial charge >= 0.3 is 0 Å². The number of hydrogen-bond acceptors (Lipinski definition) is 5. The number of nitrogens with zero attached hydrogens (tertiary/aromatic N) is 4. The molecule has 9 aromatic carbocycles. The van der Waals surface area contributed by atoms with Gasteiger partial charge in [0.15, 0.2) is 17.5 Å². The Bertz CT molecular complexity index is 3780. The standard InChI is InChI=1S/C58H34N4O2/c1-3-16-35(17-4-1)55-59-56(36-18-5-2-6-19-36)61-57(60-55)41-23-15-29-52-54(41)43-32-37(30-31-50(43)63-52)62-48-27-13-9-22-40(48)42-33-53-47(34-49(42)62)58(46-26-12-14-28-51(46)64-53)44-24-10-7-20-38(44)39-21-8-11-25-45(39)58/h1-34H. The number of rotatable bonds is 4. The number of fused-ring (bicyclic) bond motifs is 15. The van der Waals surface area contributed by atoms with Gasteiger partial charge in [0, 0.05) is 55.0 Å². The van der Waals surface area contributed by atoms with E-state index in [4.69, 9.17) is 24.1 Å². The number of aromatic nitrogens is 4. The maximum Gasteiger partial charge on any atom is 0.164 e. The smallest absolute Gasteiger partial charge is 0.164 e. The lowest BCUT2D eigenvalue weighted by molar-refractivity contribution is 0.437. The molecule has 1 spiro atoms. The van der Waals surface area contributed by atoms with E-state index in [1.807, 2.05) is 72.8 Å². The molecule has 14 rings (SSSR count). The molecule has 0 atom stereocenters. The maximum atomic E-state index is 6.95. The lowest BCUT2D eigenvalue weighted by Gasteiger charge is -2.39. The van der Waals surface area contributed by atoms with Crippen LogP contribution in [0.4, 0.5) is 0 Å². The highest BCUT2D eigenvalue weighted by Crippen LogP contribution is 2.62. The van der Waals surface area contributed by atoms with Crippen LogP contribution in [-0.2, 0) is 5.41 Å². The first-order valence-electron chi connectivity index (χ1n) is 21.6. The van der Waals surface area contributed by atoms with Crippen molar-refractivity contribution in [3.8, 4) is 62.5 Å². The summed E-state index contributed by atoms with van der Waals surface area (Å²) < 4.78 is 16.0. The van der Waals surface area contributed by atoms with Gasteiger partial charge in [0.2, 0.25) is 0 Å². The molecule has 0 radical (unpaired) electrons. The second-order valence-electron chi connectivity index (χ2n) is 16.7. The summed E-state index contributed by atoms with van der Waals surface area (Å²) >= 11 is 0. The predicted octanol–water partition coefficient (Wildman–Crippen LogP) is 14.3. The Morgan fingerprint density at radius 2 is 0.984 bits per heavy atom. The van der Waals surface area contributed by atoms with Crippen molar-refractivity contribution in [2.75, 3.05) is 0 Å². The summed E-state index contributed by atoms with van der Waals surface area (Å²) in [6, 6.07) is 72.5. The first kappa shape index (κ1) is 35.0. The minimum Gasteiger partial charge on any atom is -0.457 e. The van der Waals surface area contributed by atoms with Crippen molar-refractivity contribution < 1.29 is 9.15 Å². The van der Waals surface area contributed by atoms with Gasteiger partial charge in [0.1, 0.15) is 22.7 Å². The molecule has 64 heavy (non-hydrogen) atoms. The molecule has 6 heteroatoms. The van der Waals surface area contributed by atoms with E-state index >= 15 is 0 Å². The lowest BCUT2D eigenvalue weighted by atomic mass is 9.66. The Morgan fingerprint density at radius 3 is 1.72 bits per heavy atom. The van der Waals surface area contributed by atoms with Crippen molar-refractivity contribution in [3.63, 3.8) is 0 Å². The molecule has 0 fully saturated rings. The zero-order valence-electron chi connectivity index (χ0n) is 34.2. The molecule has 0 bridgehead atoms. The van der Waals surface area contributed by atoms with Crippen molar-refractivity contribution in [2.45, 2.75) is 5.41 Å².